The quantitative estimate of drug-likeness (QED) is 0.622. The lowest BCUT2D eigenvalue weighted by molar-refractivity contribution is -0.144. The summed E-state index contributed by atoms with van der Waals surface area (Å²) < 4.78 is 5.12. The minimum atomic E-state index is -0.237. The van der Waals surface area contributed by atoms with E-state index >= 15 is 0 Å². The molecule has 0 aliphatic carbocycles. The van der Waals surface area contributed by atoms with Gasteiger partial charge in [0.05, 0.1) is 6.61 Å². The van der Waals surface area contributed by atoms with Gasteiger partial charge in [0.1, 0.15) is 6.04 Å². The fourth-order valence-corrected chi connectivity index (χ4v) is 1.87. The summed E-state index contributed by atoms with van der Waals surface area (Å²) in [5, 5.41) is 0. The van der Waals surface area contributed by atoms with Crippen LogP contribution in [0.1, 0.15) is 26.7 Å². The summed E-state index contributed by atoms with van der Waals surface area (Å²) in [4.78, 5) is 13.9. The normalized spacial score (nSPS) is 11.9. The monoisotopic (exact) mass is 250 g/mol. The van der Waals surface area contributed by atoms with Crippen LogP contribution in [0.25, 0.3) is 0 Å². The summed E-state index contributed by atoms with van der Waals surface area (Å²) >= 11 is 0. The van der Waals surface area contributed by atoms with Crippen molar-refractivity contribution in [3.63, 3.8) is 0 Å². The predicted octanol–water partition coefficient (Wildman–Crippen LogP) is 2.44. The van der Waals surface area contributed by atoms with Gasteiger partial charge in [0.15, 0.2) is 0 Å². The van der Waals surface area contributed by atoms with E-state index in [4.69, 9.17) is 10.5 Å². The van der Waals surface area contributed by atoms with Crippen molar-refractivity contribution in [3.05, 3.63) is 24.3 Å². The second-order valence-corrected chi connectivity index (χ2v) is 4.26. The molecule has 0 heterocycles. The smallest absolute Gasteiger partial charge is 0.328 e. The van der Waals surface area contributed by atoms with Crippen molar-refractivity contribution in [3.8, 4) is 0 Å². The number of benzene rings is 1. The van der Waals surface area contributed by atoms with Gasteiger partial charge in [0.25, 0.3) is 0 Å². The zero-order valence-corrected chi connectivity index (χ0v) is 11.3. The molecule has 2 N–H and O–H groups in total. The van der Waals surface area contributed by atoms with Gasteiger partial charge in [-0.2, -0.15) is 0 Å². The number of anilines is 2. The van der Waals surface area contributed by atoms with Crippen LogP contribution in [0, 0.1) is 0 Å². The van der Waals surface area contributed by atoms with Gasteiger partial charge in [0.2, 0.25) is 0 Å². The Bertz CT molecular complexity index is 376. The van der Waals surface area contributed by atoms with Gasteiger partial charge in [-0.15, -0.1) is 0 Å². The Kier molecular flexibility index (Phi) is 5.49. The summed E-state index contributed by atoms with van der Waals surface area (Å²) in [6.45, 7) is 4.29. The van der Waals surface area contributed by atoms with E-state index < -0.39 is 0 Å². The van der Waals surface area contributed by atoms with Crippen LogP contribution in [-0.4, -0.2) is 25.7 Å². The molecule has 0 radical (unpaired) electrons. The number of ether oxygens (including phenoxy) is 1. The van der Waals surface area contributed by atoms with Crippen LogP contribution >= 0.6 is 0 Å². The first-order valence-corrected chi connectivity index (χ1v) is 6.35. The van der Waals surface area contributed by atoms with E-state index in [9.17, 15) is 4.79 Å². The molecule has 1 unspecified atom stereocenters. The summed E-state index contributed by atoms with van der Waals surface area (Å²) in [7, 11) is 1.91. The van der Waals surface area contributed by atoms with E-state index in [0.29, 0.717) is 6.61 Å². The molecule has 0 amide bonds. The van der Waals surface area contributed by atoms with Gasteiger partial charge >= 0.3 is 5.97 Å². The Balaban J connectivity index is 2.84. The molecule has 0 saturated carbocycles. The van der Waals surface area contributed by atoms with Crippen molar-refractivity contribution in [1.29, 1.82) is 0 Å². The Labute approximate surface area is 109 Å². The minimum Gasteiger partial charge on any atom is -0.464 e. The fourth-order valence-electron chi connectivity index (χ4n) is 1.87. The number of hydrogen-bond donors (Lipinski definition) is 1. The van der Waals surface area contributed by atoms with Gasteiger partial charge in [0, 0.05) is 18.4 Å². The Hall–Kier alpha value is -1.71. The molecule has 0 saturated heterocycles. The standard InChI is InChI=1S/C14H22N2O2/c1-4-6-13(14(17)18-5-2)16(3)12-9-7-11(15)8-10-12/h7-10,13H,4-6,15H2,1-3H3. The van der Waals surface area contributed by atoms with Gasteiger partial charge in [-0.1, -0.05) is 13.3 Å². The third kappa shape index (κ3) is 3.65. The molecule has 0 spiro atoms. The van der Waals surface area contributed by atoms with Crippen LogP contribution < -0.4 is 10.6 Å². The first kappa shape index (κ1) is 14.4. The van der Waals surface area contributed by atoms with E-state index in [-0.39, 0.29) is 12.0 Å². The number of carbonyl (C=O) groups is 1. The number of hydrogen-bond acceptors (Lipinski definition) is 4. The van der Waals surface area contributed by atoms with Crippen molar-refractivity contribution in [2.45, 2.75) is 32.7 Å². The summed E-state index contributed by atoms with van der Waals surface area (Å²) in [5.41, 5.74) is 7.35. The van der Waals surface area contributed by atoms with Crippen LogP contribution in [0.3, 0.4) is 0 Å². The SMILES string of the molecule is CCCC(C(=O)OCC)N(C)c1ccc(N)cc1. The third-order valence-electron chi connectivity index (χ3n) is 2.89. The second-order valence-electron chi connectivity index (χ2n) is 4.26. The van der Waals surface area contributed by atoms with E-state index in [0.717, 1.165) is 24.2 Å². The lowest BCUT2D eigenvalue weighted by Crippen LogP contribution is -2.39. The number of carbonyl (C=O) groups excluding carboxylic acids is 1. The molecule has 0 aromatic heterocycles. The molecular weight excluding hydrogens is 228 g/mol. The molecule has 0 fully saturated rings. The Morgan fingerprint density at radius 3 is 2.44 bits per heavy atom. The molecule has 1 aromatic rings. The first-order chi connectivity index (χ1) is 8.60. The van der Waals surface area contributed by atoms with E-state index in [1.807, 2.05) is 43.1 Å². The van der Waals surface area contributed by atoms with Crippen LogP contribution in [0.2, 0.25) is 0 Å². The molecule has 0 aliphatic heterocycles. The van der Waals surface area contributed by atoms with E-state index in [2.05, 4.69) is 6.92 Å². The molecule has 18 heavy (non-hydrogen) atoms. The maximum atomic E-state index is 11.9. The first-order valence-electron chi connectivity index (χ1n) is 6.35. The largest absolute Gasteiger partial charge is 0.464 e. The maximum Gasteiger partial charge on any atom is 0.328 e. The zero-order valence-electron chi connectivity index (χ0n) is 11.3. The van der Waals surface area contributed by atoms with Crippen LogP contribution in [0.5, 0.6) is 0 Å². The highest BCUT2D eigenvalue weighted by atomic mass is 16.5. The highest BCUT2D eigenvalue weighted by Gasteiger charge is 2.23. The average molecular weight is 250 g/mol. The van der Waals surface area contributed by atoms with Crippen molar-refractivity contribution in [2.24, 2.45) is 0 Å². The van der Waals surface area contributed by atoms with Crippen molar-refractivity contribution < 1.29 is 9.53 Å². The number of nitrogen functional groups attached to an aromatic ring is 1. The van der Waals surface area contributed by atoms with Crippen LogP contribution in [0.4, 0.5) is 11.4 Å². The molecule has 4 nitrogen and oxygen atoms in total. The number of nitrogens with zero attached hydrogens (tertiary/aromatic N) is 1. The Morgan fingerprint density at radius 1 is 1.33 bits per heavy atom. The Morgan fingerprint density at radius 2 is 1.94 bits per heavy atom. The molecule has 4 heteroatoms. The fraction of sp³-hybridized carbons (Fsp3) is 0.500. The zero-order chi connectivity index (χ0) is 13.5. The molecular formula is C14H22N2O2. The maximum absolute atomic E-state index is 11.9. The second kappa shape index (κ2) is 6.89. The topological polar surface area (TPSA) is 55.6 Å². The van der Waals surface area contributed by atoms with Crippen LogP contribution in [0.15, 0.2) is 24.3 Å². The van der Waals surface area contributed by atoms with Crippen LogP contribution in [-0.2, 0) is 9.53 Å². The highest BCUT2D eigenvalue weighted by Crippen LogP contribution is 2.20. The average Bonchev–Trinajstić information content (AvgIpc) is 2.36. The summed E-state index contributed by atoms with van der Waals surface area (Å²) in [6, 6.07) is 7.26. The van der Waals surface area contributed by atoms with Gasteiger partial charge in [-0.3, -0.25) is 0 Å². The predicted molar refractivity (Wildman–Crippen MR) is 74.6 cm³/mol. The molecule has 0 bridgehead atoms. The van der Waals surface area contributed by atoms with Gasteiger partial charge in [-0.05, 0) is 37.6 Å². The molecule has 0 aliphatic rings. The lowest BCUT2D eigenvalue weighted by atomic mass is 10.1. The van der Waals surface area contributed by atoms with Crippen molar-refractivity contribution in [1.82, 2.24) is 0 Å². The summed E-state index contributed by atoms with van der Waals surface area (Å²) in [6.07, 6.45) is 1.71. The molecule has 1 aromatic carbocycles. The van der Waals surface area contributed by atoms with Gasteiger partial charge in [-0.25, -0.2) is 4.79 Å². The summed E-state index contributed by atoms with van der Waals surface area (Å²) in [5.74, 6) is -0.168. The molecule has 1 rings (SSSR count). The van der Waals surface area contributed by atoms with Crippen molar-refractivity contribution >= 4 is 17.3 Å². The molecule has 100 valence electrons. The number of esters is 1. The minimum absolute atomic E-state index is 0.168. The number of nitrogens with two attached hydrogens (primary N) is 1. The highest BCUT2D eigenvalue weighted by molar-refractivity contribution is 5.80. The van der Waals surface area contributed by atoms with E-state index in [1.54, 1.807) is 0 Å². The lowest BCUT2D eigenvalue weighted by Gasteiger charge is -2.28. The third-order valence-corrected chi connectivity index (χ3v) is 2.89. The number of rotatable bonds is 6. The molecule has 1 atom stereocenters. The number of likely N-dealkylation sites (N-methyl/N-ethyl adjacent to an activating group) is 1. The van der Waals surface area contributed by atoms with Gasteiger partial charge < -0.3 is 15.4 Å². The van der Waals surface area contributed by atoms with E-state index in [1.165, 1.54) is 0 Å². The van der Waals surface area contributed by atoms with Crippen molar-refractivity contribution in [2.75, 3.05) is 24.3 Å².